The molecule has 1 aromatic carbocycles. The molecule has 1 atom stereocenters. The zero-order valence-corrected chi connectivity index (χ0v) is 16.0. The van der Waals surface area contributed by atoms with Crippen molar-refractivity contribution in [2.45, 2.75) is 64.8 Å². The Hall–Kier alpha value is -0.580. The Morgan fingerprint density at radius 3 is 2.14 bits per heavy atom. The van der Waals surface area contributed by atoms with Gasteiger partial charge in [-0.3, -0.25) is 0 Å². The largest absolute Gasteiger partial charge is 0.440 e. The highest BCUT2D eigenvalue weighted by Gasteiger charge is 2.38. The third-order valence-corrected chi connectivity index (χ3v) is 5.24. The third kappa shape index (κ3) is 3.50. The zero-order valence-electron chi connectivity index (χ0n) is 14.5. The molecule has 0 aromatic heterocycles. The van der Waals surface area contributed by atoms with Crippen molar-refractivity contribution in [2.75, 3.05) is 13.7 Å². The summed E-state index contributed by atoms with van der Waals surface area (Å²) in [6.45, 7) is 11.0. The number of halogens is 1. The molecule has 0 heterocycles. The summed E-state index contributed by atoms with van der Waals surface area (Å²) in [6, 6.07) is 4.34. The van der Waals surface area contributed by atoms with E-state index in [2.05, 4.69) is 55.8 Å². The van der Waals surface area contributed by atoms with Gasteiger partial charge >= 0.3 is 6.48 Å². The van der Waals surface area contributed by atoms with E-state index in [0.29, 0.717) is 6.61 Å². The summed E-state index contributed by atoms with van der Waals surface area (Å²) >= 11 is 3.64. The minimum absolute atomic E-state index is 0.151. The van der Waals surface area contributed by atoms with Crippen LogP contribution in [0.4, 0.5) is 0 Å². The first-order valence-corrected chi connectivity index (χ1v) is 8.66. The van der Waals surface area contributed by atoms with Gasteiger partial charge in [0.05, 0.1) is 11.1 Å². The molecule has 0 amide bonds. The highest BCUT2D eigenvalue weighted by Crippen LogP contribution is 2.48. The summed E-state index contributed by atoms with van der Waals surface area (Å²) in [6.07, 6.45) is 2.37. The van der Waals surface area contributed by atoms with Crippen molar-refractivity contribution in [1.82, 2.24) is 0 Å². The van der Waals surface area contributed by atoms with Crippen LogP contribution in [0.25, 0.3) is 0 Å². The van der Waals surface area contributed by atoms with Gasteiger partial charge in [0.25, 0.3) is 0 Å². The first-order valence-electron chi connectivity index (χ1n) is 7.87. The molecule has 3 nitrogen and oxygen atoms in total. The van der Waals surface area contributed by atoms with Crippen molar-refractivity contribution >= 4 is 15.9 Å². The van der Waals surface area contributed by atoms with Crippen molar-refractivity contribution in [3.63, 3.8) is 0 Å². The number of hydrogen-bond donors (Lipinski definition) is 0. The molecule has 0 saturated carbocycles. The maximum atomic E-state index is 5.87. The van der Waals surface area contributed by atoms with E-state index < -0.39 is 6.48 Å². The fraction of sp³-hybridized carbons (Fsp3) is 0.667. The SMILES string of the molecule is CCOC(OC)Oc1cc2c(cc1Br)C(C)(C)CCC2(C)C. The van der Waals surface area contributed by atoms with Gasteiger partial charge in [0.1, 0.15) is 5.75 Å². The first kappa shape index (κ1) is 17.8. The lowest BCUT2D eigenvalue weighted by Gasteiger charge is -2.42. The molecule has 0 spiro atoms. The fourth-order valence-electron chi connectivity index (χ4n) is 3.05. The normalized spacial score (nSPS) is 20.3. The molecule has 124 valence electrons. The van der Waals surface area contributed by atoms with Crippen molar-refractivity contribution in [3.05, 3.63) is 27.7 Å². The molecule has 1 aliphatic carbocycles. The Balaban J connectivity index is 2.43. The molecule has 1 aromatic rings. The minimum atomic E-state index is -0.681. The van der Waals surface area contributed by atoms with E-state index in [1.165, 1.54) is 24.0 Å². The molecule has 1 aliphatic rings. The highest BCUT2D eigenvalue weighted by molar-refractivity contribution is 9.10. The van der Waals surface area contributed by atoms with Crippen LogP contribution < -0.4 is 4.74 Å². The summed E-state index contributed by atoms with van der Waals surface area (Å²) in [4.78, 5) is 0. The van der Waals surface area contributed by atoms with Gasteiger partial charge in [-0.15, -0.1) is 0 Å². The average molecular weight is 371 g/mol. The van der Waals surface area contributed by atoms with Crippen LogP contribution in [0.1, 0.15) is 58.6 Å². The second-order valence-corrected chi connectivity index (χ2v) is 8.05. The van der Waals surface area contributed by atoms with Crippen molar-refractivity contribution in [3.8, 4) is 5.75 Å². The molecular weight excluding hydrogens is 344 g/mol. The summed E-state index contributed by atoms with van der Waals surface area (Å²) in [5.41, 5.74) is 3.09. The number of rotatable bonds is 5. The highest BCUT2D eigenvalue weighted by atomic mass is 79.9. The maximum absolute atomic E-state index is 5.87. The predicted octanol–water partition coefficient (Wildman–Crippen LogP) is 5.14. The molecule has 0 aliphatic heterocycles. The molecule has 1 unspecified atom stereocenters. The van der Waals surface area contributed by atoms with Gasteiger partial charge in [-0.25, -0.2) is 0 Å². The molecule has 0 radical (unpaired) electrons. The van der Waals surface area contributed by atoms with Crippen LogP contribution >= 0.6 is 15.9 Å². The lowest BCUT2D eigenvalue weighted by Crippen LogP contribution is -2.34. The van der Waals surface area contributed by atoms with Crippen LogP contribution in [0.2, 0.25) is 0 Å². The van der Waals surface area contributed by atoms with Crippen LogP contribution in [0.5, 0.6) is 5.75 Å². The van der Waals surface area contributed by atoms with Crippen LogP contribution in [-0.2, 0) is 20.3 Å². The van der Waals surface area contributed by atoms with Gasteiger partial charge in [-0.1, -0.05) is 27.7 Å². The summed E-state index contributed by atoms with van der Waals surface area (Å²) < 4.78 is 17.5. The lowest BCUT2D eigenvalue weighted by atomic mass is 9.63. The van der Waals surface area contributed by atoms with E-state index in [-0.39, 0.29) is 10.8 Å². The Bertz CT molecular complexity index is 537. The van der Waals surface area contributed by atoms with E-state index in [0.717, 1.165) is 10.2 Å². The van der Waals surface area contributed by atoms with Crippen LogP contribution in [0, 0.1) is 0 Å². The van der Waals surface area contributed by atoms with Gasteiger partial charge in [0.15, 0.2) is 0 Å². The number of ether oxygens (including phenoxy) is 3. The van der Waals surface area contributed by atoms with E-state index in [4.69, 9.17) is 14.2 Å². The molecule has 4 heteroatoms. The lowest BCUT2D eigenvalue weighted by molar-refractivity contribution is -0.231. The summed E-state index contributed by atoms with van der Waals surface area (Å²) in [5.74, 6) is 0.768. The number of benzene rings is 1. The van der Waals surface area contributed by atoms with Gasteiger partial charge in [-0.2, -0.15) is 0 Å². The van der Waals surface area contributed by atoms with E-state index in [1.54, 1.807) is 7.11 Å². The van der Waals surface area contributed by atoms with Gasteiger partial charge in [0, 0.05) is 7.11 Å². The molecule has 0 N–H and O–H groups in total. The van der Waals surface area contributed by atoms with Crippen LogP contribution in [0.15, 0.2) is 16.6 Å². The third-order valence-electron chi connectivity index (χ3n) is 4.62. The van der Waals surface area contributed by atoms with Crippen molar-refractivity contribution in [2.24, 2.45) is 0 Å². The van der Waals surface area contributed by atoms with E-state index in [9.17, 15) is 0 Å². The molecule has 2 rings (SSSR count). The molecule has 0 fully saturated rings. The molecule has 22 heavy (non-hydrogen) atoms. The number of methoxy groups -OCH3 is 1. The van der Waals surface area contributed by atoms with E-state index in [1.807, 2.05) is 6.92 Å². The van der Waals surface area contributed by atoms with Crippen LogP contribution in [-0.4, -0.2) is 20.2 Å². The quantitative estimate of drug-likeness (QED) is 0.671. The standard InChI is InChI=1S/C18H27BrO3/c1-7-21-16(20-6)22-15-11-13-12(10-14(15)19)17(2,3)8-9-18(13,4)5/h10-11,16H,7-9H2,1-6H3. The zero-order chi connectivity index (χ0) is 16.5. The Labute approximate surface area is 142 Å². The first-order chi connectivity index (χ1) is 10.2. The number of hydrogen-bond acceptors (Lipinski definition) is 3. The summed E-state index contributed by atoms with van der Waals surface area (Å²) in [5, 5.41) is 0. The second-order valence-electron chi connectivity index (χ2n) is 7.19. The minimum Gasteiger partial charge on any atom is -0.440 e. The van der Waals surface area contributed by atoms with E-state index >= 15 is 0 Å². The van der Waals surface area contributed by atoms with Gasteiger partial charge in [-0.05, 0) is 69.8 Å². The predicted molar refractivity (Wildman–Crippen MR) is 92.5 cm³/mol. The van der Waals surface area contributed by atoms with Gasteiger partial charge < -0.3 is 14.2 Å². The average Bonchev–Trinajstić information content (AvgIpc) is 2.45. The second kappa shape index (κ2) is 6.50. The smallest absolute Gasteiger partial charge is 0.315 e. The maximum Gasteiger partial charge on any atom is 0.315 e. The fourth-order valence-corrected chi connectivity index (χ4v) is 3.48. The molecule has 0 saturated heterocycles. The van der Waals surface area contributed by atoms with Crippen molar-refractivity contribution < 1.29 is 14.2 Å². The Morgan fingerprint density at radius 1 is 1.09 bits per heavy atom. The Kier molecular flexibility index (Phi) is 5.25. The monoisotopic (exact) mass is 370 g/mol. The summed E-state index contributed by atoms with van der Waals surface area (Å²) in [7, 11) is 1.58. The van der Waals surface area contributed by atoms with Crippen molar-refractivity contribution in [1.29, 1.82) is 0 Å². The van der Waals surface area contributed by atoms with Crippen LogP contribution in [0.3, 0.4) is 0 Å². The Morgan fingerprint density at radius 2 is 1.64 bits per heavy atom. The number of fused-ring (bicyclic) bond motifs is 1. The molecule has 0 bridgehead atoms. The molecular formula is C18H27BrO3. The van der Waals surface area contributed by atoms with Gasteiger partial charge in [0.2, 0.25) is 0 Å². The topological polar surface area (TPSA) is 27.7 Å².